The van der Waals surface area contributed by atoms with Crippen LogP contribution in [0.2, 0.25) is 0 Å². The molecule has 0 atom stereocenters. The van der Waals surface area contributed by atoms with Crippen LogP contribution in [-0.2, 0) is 0 Å². The molecule has 1 aliphatic heterocycles. The fourth-order valence-corrected chi connectivity index (χ4v) is 2.75. The van der Waals surface area contributed by atoms with Gasteiger partial charge in [-0.15, -0.1) is 11.3 Å². The van der Waals surface area contributed by atoms with Gasteiger partial charge in [0.05, 0.1) is 4.88 Å². The predicted molar refractivity (Wildman–Crippen MR) is 75.1 cm³/mol. The van der Waals surface area contributed by atoms with Crippen molar-refractivity contribution in [2.75, 3.05) is 38.1 Å². The van der Waals surface area contributed by atoms with Crippen molar-refractivity contribution in [2.45, 2.75) is 0 Å². The van der Waals surface area contributed by atoms with Gasteiger partial charge in [0.1, 0.15) is 5.82 Å². The molecule has 0 aromatic carbocycles. The van der Waals surface area contributed by atoms with Gasteiger partial charge in [0.25, 0.3) is 0 Å². The van der Waals surface area contributed by atoms with Gasteiger partial charge in [0.15, 0.2) is 5.82 Å². The zero-order valence-electron chi connectivity index (χ0n) is 10.4. The van der Waals surface area contributed by atoms with E-state index < -0.39 is 0 Å². The minimum Gasteiger partial charge on any atom is -0.354 e. The molecule has 0 spiro atoms. The molecule has 0 N–H and O–H groups in total. The maximum Gasteiger partial charge on any atom is 0.171 e. The molecule has 0 saturated carbocycles. The number of aromatic nitrogens is 2. The molecule has 4 nitrogen and oxygen atoms in total. The second-order valence-electron chi connectivity index (χ2n) is 4.51. The Labute approximate surface area is 111 Å². The minimum absolute atomic E-state index is 0.835. The topological polar surface area (TPSA) is 32.3 Å². The SMILES string of the molecule is CN1CCN(c2ccnc(-c3cccs3)n2)CC1. The molecule has 0 aliphatic carbocycles. The maximum absolute atomic E-state index is 4.67. The highest BCUT2D eigenvalue weighted by Crippen LogP contribution is 2.23. The molecule has 2 aromatic heterocycles. The van der Waals surface area contributed by atoms with Gasteiger partial charge in [-0.05, 0) is 24.6 Å². The van der Waals surface area contributed by atoms with Gasteiger partial charge in [-0.3, -0.25) is 0 Å². The molecule has 0 radical (unpaired) electrons. The minimum atomic E-state index is 0.835. The largest absolute Gasteiger partial charge is 0.354 e. The number of nitrogens with zero attached hydrogens (tertiary/aromatic N) is 4. The quantitative estimate of drug-likeness (QED) is 0.826. The molecule has 0 bridgehead atoms. The number of rotatable bonds is 2. The lowest BCUT2D eigenvalue weighted by atomic mass is 10.3. The molecule has 3 rings (SSSR count). The summed E-state index contributed by atoms with van der Waals surface area (Å²) >= 11 is 1.68. The van der Waals surface area contributed by atoms with E-state index in [9.17, 15) is 0 Å². The zero-order chi connectivity index (χ0) is 12.4. The molecule has 18 heavy (non-hydrogen) atoms. The lowest BCUT2D eigenvalue weighted by Crippen LogP contribution is -2.44. The Kier molecular flexibility index (Phi) is 3.25. The summed E-state index contributed by atoms with van der Waals surface area (Å²) in [7, 11) is 2.16. The van der Waals surface area contributed by atoms with Crippen LogP contribution in [0.4, 0.5) is 5.82 Å². The second-order valence-corrected chi connectivity index (χ2v) is 5.45. The van der Waals surface area contributed by atoms with E-state index in [2.05, 4.69) is 38.3 Å². The van der Waals surface area contributed by atoms with Crippen LogP contribution in [0.1, 0.15) is 0 Å². The average Bonchev–Trinajstić information content (AvgIpc) is 2.94. The van der Waals surface area contributed by atoms with Crippen LogP contribution in [0.15, 0.2) is 29.8 Å². The normalized spacial score (nSPS) is 17.1. The summed E-state index contributed by atoms with van der Waals surface area (Å²) in [6.07, 6.45) is 1.86. The molecule has 94 valence electrons. The van der Waals surface area contributed by atoms with Crippen LogP contribution < -0.4 is 4.90 Å². The maximum atomic E-state index is 4.67. The standard InChI is InChI=1S/C13H16N4S/c1-16-6-8-17(9-7-16)12-4-5-14-13(15-12)11-3-2-10-18-11/h2-5,10H,6-9H2,1H3. The van der Waals surface area contributed by atoms with Crippen LogP contribution in [-0.4, -0.2) is 48.1 Å². The summed E-state index contributed by atoms with van der Waals surface area (Å²) in [6, 6.07) is 6.10. The highest BCUT2D eigenvalue weighted by atomic mass is 32.1. The van der Waals surface area contributed by atoms with Crippen LogP contribution >= 0.6 is 11.3 Å². The van der Waals surface area contributed by atoms with E-state index in [1.165, 1.54) is 0 Å². The second kappa shape index (κ2) is 5.04. The summed E-state index contributed by atoms with van der Waals surface area (Å²) < 4.78 is 0. The third-order valence-corrected chi connectivity index (χ3v) is 4.08. The Bertz CT molecular complexity index is 503. The van der Waals surface area contributed by atoms with Gasteiger partial charge in [-0.25, -0.2) is 9.97 Å². The van der Waals surface area contributed by atoms with Crippen molar-refractivity contribution < 1.29 is 0 Å². The lowest BCUT2D eigenvalue weighted by molar-refractivity contribution is 0.312. The van der Waals surface area contributed by atoms with Crippen LogP contribution in [0, 0.1) is 0 Å². The molecule has 1 fully saturated rings. The summed E-state index contributed by atoms with van der Waals surface area (Å²) in [5.41, 5.74) is 0. The first-order chi connectivity index (χ1) is 8.83. The van der Waals surface area contributed by atoms with Crippen molar-refractivity contribution in [3.8, 4) is 10.7 Å². The van der Waals surface area contributed by atoms with Gasteiger partial charge in [-0.2, -0.15) is 0 Å². The molecule has 5 heteroatoms. The monoisotopic (exact) mass is 260 g/mol. The van der Waals surface area contributed by atoms with E-state index >= 15 is 0 Å². The van der Waals surface area contributed by atoms with Gasteiger partial charge >= 0.3 is 0 Å². The van der Waals surface area contributed by atoms with Crippen molar-refractivity contribution in [3.63, 3.8) is 0 Å². The highest BCUT2D eigenvalue weighted by molar-refractivity contribution is 7.13. The number of thiophene rings is 1. The van der Waals surface area contributed by atoms with Crippen molar-refractivity contribution in [1.29, 1.82) is 0 Å². The molecule has 3 heterocycles. The van der Waals surface area contributed by atoms with Crippen LogP contribution in [0.3, 0.4) is 0 Å². The summed E-state index contributed by atoms with van der Waals surface area (Å²) in [6.45, 7) is 4.27. The number of hydrogen-bond acceptors (Lipinski definition) is 5. The van der Waals surface area contributed by atoms with E-state index in [-0.39, 0.29) is 0 Å². The third kappa shape index (κ3) is 2.37. The van der Waals surface area contributed by atoms with E-state index in [1.54, 1.807) is 11.3 Å². The average molecular weight is 260 g/mol. The predicted octanol–water partition coefficient (Wildman–Crippen LogP) is 1.96. The molecule has 1 saturated heterocycles. The fraction of sp³-hybridized carbons (Fsp3) is 0.385. The first-order valence-electron chi connectivity index (χ1n) is 6.13. The fourth-order valence-electron chi connectivity index (χ4n) is 2.09. The van der Waals surface area contributed by atoms with E-state index in [1.807, 2.05) is 18.3 Å². The molecule has 1 aliphatic rings. The highest BCUT2D eigenvalue weighted by Gasteiger charge is 2.16. The van der Waals surface area contributed by atoms with Gasteiger partial charge in [0.2, 0.25) is 0 Å². The molecular weight excluding hydrogens is 244 g/mol. The first kappa shape index (κ1) is 11.6. The Morgan fingerprint density at radius 2 is 2.00 bits per heavy atom. The van der Waals surface area contributed by atoms with Gasteiger partial charge < -0.3 is 9.80 Å². The van der Waals surface area contributed by atoms with Gasteiger partial charge in [0, 0.05) is 32.4 Å². The van der Waals surface area contributed by atoms with E-state index in [0.717, 1.165) is 42.7 Å². The number of likely N-dealkylation sites (N-methyl/N-ethyl adjacent to an activating group) is 1. The summed E-state index contributed by atoms with van der Waals surface area (Å²) in [4.78, 5) is 14.8. The Morgan fingerprint density at radius 1 is 1.17 bits per heavy atom. The van der Waals surface area contributed by atoms with Crippen molar-refractivity contribution in [2.24, 2.45) is 0 Å². The van der Waals surface area contributed by atoms with E-state index in [4.69, 9.17) is 0 Å². The smallest absolute Gasteiger partial charge is 0.171 e. The van der Waals surface area contributed by atoms with Crippen LogP contribution in [0.25, 0.3) is 10.7 Å². The summed E-state index contributed by atoms with van der Waals surface area (Å²) in [5, 5.41) is 2.06. The Balaban J connectivity index is 1.83. The Morgan fingerprint density at radius 3 is 2.72 bits per heavy atom. The molecular formula is C13H16N4S. The number of hydrogen-bond donors (Lipinski definition) is 0. The molecule has 0 unspecified atom stereocenters. The number of piperazine rings is 1. The molecule has 0 amide bonds. The molecule has 2 aromatic rings. The number of anilines is 1. The zero-order valence-corrected chi connectivity index (χ0v) is 11.2. The van der Waals surface area contributed by atoms with Crippen molar-refractivity contribution >= 4 is 17.2 Å². The van der Waals surface area contributed by atoms with Crippen molar-refractivity contribution in [3.05, 3.63) is 29.8 Å². The van der Waals surface area contributed by atoms with Gasteiger partial charge in [-0.1, -0.05) is 6.07 Å². The van der Waals surface area contributed by atoms with E-state index in [0.29, 0.717) is 0 Å². The summed E-state index contributed by atoms with van der Waals surface area (Å²) in [5.74, 6) is 1.88. The lowest BCUT2D eigenvalue weighted by Gasteiger charge is -2.33. The van der Waals surface area contributed by atoms with Crippen LogP contribution in [0.5, 0.6) is 0 Å². The Hall–Kier alpha value is -1.46. The third-order valence-electron chi connectivity index (χ3n) is 3.21. The first-order valence-corrected chi connectivity index (χ1v) is 7.01. The van der Waals surface area contributed by atoms with Crippen molar-refractivity contribution in [1.82, 2.24) is 14.9 Å².